The number of alkyl halides is 1. The summed E-state index contributed by atoms with van der Waals surface area (Å²) < 4.78 is 21.8. The Balaban J connectivity index is 2.16. The van der Waals surface area contributed by atoms with Crippen molar-refractivity contribution in [3.05, 3.63) is 17.7 Å². The van der Waals surface area contributed by atoms with Crippen molar-refractivity contribution in [3.8, 4) is 0 Å². The van der Waals surface area contributed by atoms with Gasteiger partial charge in [0, 0.05) is 5.92 Å². The molecule has 1 N–H and O–H groups in total. The largest absolute Gasteiger partial charge is 0.358 e. The van der Waals surface area contributed by atoms with Gasteiger partial charge in [-0.15, -0.1) is 11.8 Å². The third-order valence-corrected chi connectivity index (χ3v) is 4.81. The average molecular weight is 326 g/mol. The van der Waals surface area contributed by atoms with E-state index in [4.69, 9.17) is 4.74 Å². The lowest BCUT2D eigenvalue weighted by Crippen LogP contribution is -2.37. The molecule has 0 spiro atoms. The monoisotopic (exact) mass is 326 g/mol. The maximum absolute atomic E-state index is 14.7. The Morgan fingerprint density at radius 3 is 2.86 bits per heavy atom. The molecule has 1 fully saturated rings. The van der Waals surface area contributed by atoms with Crippen LogP contribution in [-0.4, -0.2) is 43.2 Å². The molecule has 3 rings (SSSR count). The SMILES string of the molecule is CC[C@H]1O[C@@](O)(c2cnc3c(SC)nc(C)nn23)[C@H](F)[C@@H]1C. The van der Waals surface area contributed by atoms with E-state index in [0.717, 1.165) is 0 Å². The number of nitrogens with zero attached hydrogens (tertiary/aromatic N) is 4. The Labute approximate surface area is 132 Å². The van der Waals surface area contributed by atoms with Crippen molar-refractivity contribution in [2.24, 2.45) is 5.92 Å². The van der Waals surface area contributed by atoms with Crippen LogP contribution in [0.4, 0.5) is 4.39 Å². The molecule has 2 aromatic heterocycles. The first-order valence-electron chi connectivity index (χ1n) is 7.23. The van der Waals surface area contributed by atoms with Crippen LogP contribution in [0.25, 0.3) is 5.65 Å². The first-order valence-corrected chi connectivity index (χ1v) is 8.46. The van der Waals surface area contributed by atoms with Gasteiger partial charge in [0.05, 0.1) is 12.3 Å². The van der Waals surface area contributed by atoms with Crippen LogP contribution >= 0.6 is 11.8 Å². The third kappa shape index (κ3) is 2.12. The van der Waals surface area contributed by atoms with Gasteiger partial charge in [0.1, 0.15) is 16.5 Å². The van der Waals surface area contributed by atoms with Crippen LogP contribution in [0.15, 0.2) is 11.2 Å². The summed E-state index contributed by atoms with van der Waals surface area (Å²) in [7, 11) is 0. The normalized spacial score (nSPS) is 32.0. The van der Waals surface area contributed by atoms with E-state index in [2.05, 4.69) is 15.1 Å². The highest BCUT2D eigenvalue weighted by atomic mass is 32.2. The van der Waals surface area contributed by atoms with Gasteiger partial charge in [0.25, 0.3) is 0 Å². The van der Waals surface area contributed by atoms with Gasteiger partial charge >= 0.3 is 0 Å². The zero-order valence-electron chi connectivity index (χ0n) is 12.9. The van der Waals surface area contributed by atoms with E-state index < -0.39 is 17.9 Å². The average Bonchev–Trinajstić information content (AvgIpc) is 3.02. The minimum absolute atomic E-state index is 0.207. The van der Waals surface area contributed by atoms with Gasteiger partial charge in [-0.3, -0.25) is 0 Å². The second-order valence-electron chi connectivity index (χ2n) is 5.57. The molecule has 1 saturated heterocycles. The topological polar surface area (TPSA) is 72.5 Å². The highest BCUT2D eigenvalue weighted by molar-refractivity contribution is 7.98. The molecular formula is C14H19FN4O2S. The predicted molar refractivity (Wildman–Crippen MR) is 80.4 cm³/mol. The molecule has 0 saturated carbocycles. The predicted octanol–water partition coefficient (Wildman–Crippen LogP) is 2.08. The molecule has 22 heavy (non-hydrogen) atoms. The highest BCUT2D eigenvalue weighted by Crippen LogP contribution is 2.44. The van der Waals surface area contributed by atoms with E-state index in [9.17, 15) is 9.50 Å². The van der Waals surface area contributed by atoms with Gasteiger partial charge in [-0.2, -0.15) is 5.10 Å². The lowest BCUT2D eigenvalue weighted by molar-refractivity contribution is -0.227. The number of thioether (sulfide) groups is 1. The molecule has 0 unspecified atom stereocenters. The van der Waals surface area contributed by atoms with E-state index in [1.807, 2.05) is 13.2 Å². The smallest absolute Gasteiger partial charge is 0.244 e. The van der Waals surface area contributed by atoms with Gasteiger partial charge in [0.2, 0.25) is 5.79 Å². The molecule has 2 aromatic rings. The number of imidazole rings is 1. The van der Waals surface area contributed by atoms with E-state index in [0.29, 0.717) is 22.9 Å². The summed E-state index contributed by atoms with van der Waals surface area (Å²) in [4.78, 5) is 8.54. The summed E-state index contributed by atoms with van der Waals surface area (Å²) in [5.41, 5.74) is 0.698. The van der Waals surface area contributed by atoms with E-state index in [1.165, 1.54) is 22.5 Å². The Morgan fingerprint density at radius 1 is 1.55 bits per heavy atom. The van der Waals surface area contributed by atoms with Crippen LogP contribution in [0.5, 0.6) is 0 Å². The zero-order valence-corrected chi connectivity index (χ0v) is 13.8. The molecule has 120 valence electrons. The lowest BCUT2D eigenvalue weighted by Gasteiger charge is -2.24. The lowest BCUT2D eigenvalue weighted by atomic mass is 9.95. The summed E-state index contributed by atoms with van der Waals surface area (Å²) in [5.74, 6) is -1.91. The van der Waals surface area contributed by atoms with Gasteiger partial charge in [0.15, 0.2) is 11.8 Å². The van der Waals surface area contributed by atoms with Crippen LogP contribution in [-0.2, 0) is 10.5 Å². The number of fused-ring (bicyclic) bond motifs is 1. The van der Waals surface area contributed by atoms with Crippen LogP contribution in [0.1, 0.15) is 31.8 Å². The molecule has 0 amide bonds. The van der Waals surface area contributed by atoms with Crippen molar-refractivity contribution in [2.75, 3.05) is 6.26 Å². The second kappa shape index (κ2) is 5.43. The fourth-order valence-electron chi connectivity index (χ4n) is 2.94. The van der Waals surface area contributed by atoms with Crippen molar-refractivity contribution in [1.82, 2.24) is 19.6 Å². The Bertz CT molecular complexity index is 709. The van der Waals surface area contributed by atoms with Crippen molar-refractivity contribution < 1.29 is 14.2 Å². The fourth-order valence-corrected chi connectivity index (χ4v) is 3.49. The summed E-state index contributed by atoms with van der Waals surface area (Å²) >= 11 is 1.42. The molecular weight excluding hydrogens is 307 g/mol. The summed E-state index contributed by atoms with van der Waals surface area (Å²) in [6.45, 7) is 5.40. The number of aromatic nitrogens is 4. The Kier molecular flexibility index (Phi) is 3.86. The molecule has 6 nitrogen and oxygen atoms in total. The van der Waals surface area contributed by atoms with Gasteiger partial charge in [-0.05, 0) is 19.6 Å². The van der Waals surface area contributed by atoms with Gasteiger partial charge < -0.3 is 9.84 Å². The zero-order chi connectivity index (χ0) is 16.1. The number of aryl methyl sites for hydroxylation is 1. The maximum atomic E-state index is 14.7. The minimum atomic E-state index is -2.03. The molecule has 0 aromatic carbocycles. The standard InChI is InChI=1S/C14H19FN4O2S/c1-5-9-7(2)11(15)14(20,21-9)10-6-16-12-13(22-4)17-8(3)18-19(10)12/h6-7,9,11,20H,5H2,1-4H3/t7-,9-,11-,14+/m1/s1. The Morgan fingerprint density at radius 2 is 2.27 bits per heavy atom. The van der Waals surface area contributed by atoms with Crippen LogP contribution < -0.4 is 0 Å². The molecule has 0 bridgehead atoms. The number of aliphatic hydroxyl groups is 1. The molecule has 8 heteroatoms. The molecule has 0 aliphatic carbocycles. The van der Waals surface area contributed by atoms with Crippen molar-refractivity contribution in [3.63, 3.8) is 0 Å². The van der Waals surface area contributed by atoms with Crippen molar-refractivity contribution >= 4 is 17.4 Å². The molecule has 1 aliphatic rings. The minimum Gasteiger partial charge on any atom is -0.358 e. The summed E-state index contributed by atoms with van der Waals surface area (Å²) in [5, 5.41) is 15.8. The van der Waals surface area contributed by atoms with E-state index in [1.54, 1.807) is 13.8 Å². The van der Waals surface area contributed by atoms with Crippen molar-refractivity contribution in [1.29, 1.82) is 0 Å². The second-order valence-corrected chi connectivity index (χ2v) is 6.36. The number of halogens is 1. The first-order chi connectivity index (χ1) is 10.4. The third-order valence-electron chi connectivity index (χ3n) is 4.15. The Hall–Kier alpha value is -1.25. The molecule has 0 radical (unpaired) electrons. The van der Waals surface area contributed by atoms with Crippen LogP contribution in [0.2, 0.25) is 0 Å². The number of hydrogen-bond donors (Lipinski definition) is 1. The van der Waals surface area contributed by atoms with Gasteiger partial charge in [-0.25, -0.2) is 18.9 Å². The number of rotatable bonds is 3. The van der Waals surface area contributed by atoms with Crippen LogP contribution in [0.3, 0.4) is 0 Å². The van der Waals surface area contributed by atoms with Crippen molar-refractivity contribution in [2.45, 2.75) is 50.3 Å². The molecule has 4 atom stereocenters. The maximum Gasteiger partial charge on any atom is 0.244 e. The van der Waals surface area contributed by atoms with E-state index in [-0.39, 0.29) is 11.8 Å². The quantitative estimate of drug-likeness (QED) is 0.871. The first kappa shape index (κ1) is 15.6. The fraction of sp³-hybridized carbons (Fsp3) is 0.643. The highest BCUT2D eigenvalue weighted by Gasteiger charge is 2.55. The summed E-state index contributed by atoms with van der Waals surface area (Å²) in [6.07, 6.45) is 2.05. The summed E-state index contributed by atoms with van der Waals surface area (Å²) in [6, 6.07) is 0. The molecule has 3 heterocycles. The number of hydrogen-bond acceptors (Lipinski definition) is 6. The molecule has 1 aliphatic heterocycles. The van der Waals surface area contributed by atoms with Crippen LogP contribution in [0, 0.1) is 12.8 Å². The number of ether oxygens (including phenoxy) is 1. The van der Waals surface area contributed by atoms with Gasteiger partial charge in [-0.1, -0.05) is 13.8 Å². The van der Waals surface area contributed by atoms with E-state index >= 15 is 0 Å².